The van der Waals surface area contributed by atoms with Crippen LogP contribution in [0.1, 0.15) is 49.3 Å². The molecule has 3 nitrogen and oxygen atoms in total. The van der Waals surface area contributed by atoms with Crippen LogP contribution in [0.2, 0.25) is 0 Å². The molecule has 1 atom stereocenters. The first-order valence-corrected chi connectivity index (χ1v) is 11.5. The molecule has 0 bridgehead atoms. The topological polar surface area (TPSA) is 24.8 Å². The highest BCUT2D eigenvalue weighted by Crippen LogP contribution is 2.47. The van der Waals surface area contributed by atoms with Gasteiger partial charge in [0, 0.05) is 16.7 Å². The Bertz CT molecular complexity index is 999. The highest BCUT2D eigenvalue weighted by molar-refractivity contribution is 5.88. The Morgan fingerprint density at radius 2 is 1.39 bits per heavy atom. The number of hydrogen-bond acceptors (Lipinski definition) is 3. The highest BCUT2D eigenvalue weighted by Gasteiger charge is 2.45. The molecular formula is C28H30N2O. The summed E-state index contributed by atoms with van der Waals surface area (Å²) in [7, 11) is 0. The summed E-state index contributed by atoms with van der Waals surface area (Å²) in [4.78, 5) is 7.66. The predicted octanol–water partition coefficient (Wildman–Crippen LogP) is 6.30. The molecule has 3 aromatic carbocycles. The van der Waals surface area contributed by atoms with Gasteiger partial charge in [0.2, 0.25) is 5.90 Å². The van der Waals surface area contributed by atoms with Gasteiger partial charge in [0.1, 0.15) is 0 Å². The molecule has 5 rings (SSSR count). The van der Waals surface area contributed by atoms with E-state index in [0.29, 0.717) is 0 Å². The van der Waals surface area contributed by atoms with Crippen molar-refractivity contribution in [1.82, 2.24) is 4.90 Å². The summed E-state index contributed by atoms with van der Waals surface area (Å²) in [6.45, 7) is 4.48. The van der Waals surface area contributed by atoms with Gasteiger partial charge in [-0.2, -0.15) is 0 Å². The Morgan fingerprint density at radius 3 is 2.00 bits per heavy atom. The van der Waals surface area contributed by atoms with E-state index in [1.165, 1.54) is 19.3 Å². The average molecular weight is 411 g/mol. The van der Waals surface area contributed by atoms with Crippen LogP contribution < -0.4 is 0 Å². The van der Waals surface area contributed by atoms with E-state index in [1.807, 2.05) is 0 Å². The van der Waals surface area contributed by atoms with Gasteiger partial charge in [-0.3, -0.25) is 4.90 Å². The van der Waals surface area contributed by atoms with Crippen molar-refractivity contribution in [3.8, 4) is 0 Å². The van der Waals surface area contributed by atoms with Crippen LogP contribution in [0.25, 0.3) is 0 Å². The van der Waals surface area contributed by atoms with Crippen molar-refractivity contribution in [1.29, 1.82) is 0 Å². The Balaban J connectivity index is 1.71. The maximum atomic E-state index is 7.09. The van der Waals surface area contributed by atoms with Crippen LogP contribution in [-0.4, -0.2) is 29.9 Å². The van der Waals surface area contributed by atoms with Gasteiger partial charge in [-0.05, 0) is 38.4 Å². The van der Waals surface area contributed by atoms with E-state index in [2.05, 4.69) is 96.8 Å². The maximum Gasteiger partial charge on any atom is 0.208 e. The minimum atomic E-state index is -0.709. The summed E-state index contributed by atoms with van der Waals surface area (Å²) >= 11 is 0. The number of rotatable bonds is 5. The van der Waals surface area contributed by atoms with Crippen molar-refractivity contribution >= 4 is 11.6 Å². The first kappa shape index (κ1) is 20.0. The van der Waals surface area contributed by atoms with Gasteiger partial charge in [0.05, 0.1) is 11.7 Å². The van der Waals surface area contributed by atoms with Crippen LogP contribution in [0, 0.1) is 0 Å². The molecular weight excluding hydrogens is 380 g/mol. The molecule has 0 radical (unpaired) electrons. The molecule has 3 aromatic rings. The van der Waals surface area contributed by atoms with E-state index in [0.717, 1.165) is 47.8 Å². The summed E-state index contributed by atoms with van der Waals surface area (Å²) in [5.74, 6) is 0.843. The number of ether oxygens (including phenoxy) is 1. The van der Waals surface area contributed by atoms with Gasteiger partial charge in [-0.25, -0.2) is 4.99 Å². The van der Waals surface area contributed by atoms with Crippen LogP contribution in [0.4, 0.5) is 5.69 Å². The molecule has 1 saturated heterocycles. The summed E-state index contributed by atoms with van der Waals surface area (Å²) < 4.78 is 7.09. The molecule has 31 heavy (non-hydrogen) atoms. The second-order valence-electron chi connectivity index (χ2n) is 8.50. The largest absolute Gasteiger partial charge is 0.458 e. The number of fused-ring (bicyclic) bond motifs is 1. The van der Waals surface area contributed by atoms with E-state index in [1.54, 1.807) is 0 Å². The van der Waals surface area contributed by atoms with Crippen molar-refractivity contribution in [3.63, 3.8) is 0 Å². The number of para-hydroxylation sites is 1. The van der Waals surface area contributed by atoms with Crippen LogP contribution >= 0.6 is 0 Å². The van der Waals surface area contributed by atoms with Gasteiger partial charge in [0.15, 0.2) is 5.60 Å². The third kappa shape index (κ3) is 3.57. The number of hydrogen-bond donors (Lipinski definition) is 0. The van der Waals surface area contributed by atoms with E-state index in [9.17, 15) is 0 Å². The number of likely N-dealkylation sites (tertiary alicyclic amines) is 1. The van der Waals surface area contributed by atoms with Crippen molar-refractivity contribution in [2.75, 3.05) is 13.1 Å². The summed E-state index contributed by atoms with van der Waals surface area (Å²) in [5.41, 5.74) is 3.67. The van der Waals surface area contributed by atoms with Crippen LogP contribution in [-0.2, 0) is 10.3 Å². The zero-order chi connectivity index (χ0) is 21.1. The monoisotopic (exact) mass is 410 g/mol. The fourth-order valence-corrected chi connectivity index (χ4v) is 5.13. The average Bonchev–Trinajstić information content (AvgIpc) is 2.86. The zero-order valence-electron chi connectivity index (χ0n) is 18.2. The Labute approximate surface area is 185 Å². The number of piperidine rings is 1. The Hall–Kier alpha value is -2.91. The molecule has 2 aliphatic rings. The quantitative estimate of drug-likeness (QED) is 0.493. The fourth-order valence-electron chi connectivity index (χ4n) is 5.13. The normalized spacial score (nSPS) is 19.1. The molecule has 0 aliphatic carbocycles. The molecule has 0 amide bonds. The SMILES string of the molecule is CC[C@H](C1=Nc2ccccc2C(c2ccccc2)(c2ccccc2)O1)N1CCCCC1. The third-order valence-electron chi connectivity index (χ3n) is 6.64. The van der Waals surface area contributed by atoms with Crippen LogP contribution in [0.3, 0.4) is 0 Å². The lowest BCUT2D eigenvalue weighted by molar-refractivity contribution is 0.101. The van der Waals surface area contributed by atoms with Gasteiger partial charge in [-0.15, -0.1) is 0 Å². The van der Waals surface area contributed by atoms with Gasteiger partial charge < -0.3 is 4.74 Å². The standard InChI is InChI=1S/C28H30N2O/c1-2-26(30-20-12-5-13-21-30)27-29-25-19-11-10-18-24(25)28(31-27,22-14-6-3-7-15-22)23-16-8-4-9-17-23/h3-4,6-11,14-19,26H,2,5,12-13,20-21H2,1H3/t26-/m1/s1. The first-order chi connectivity index (χ1) is 15.3. The fraction of sp³-hybridized carbons (Fsp3) is 0.321. The van der Waals surface area contributed by atoms with Crippen LogP contribution in [0.15, 0.2) is 89.9 Å². The van der Waals surface area contributed by atoms with E-state index in [4.69, 9.17) is 9.73 Å². The van der Waals surface area contributed by atoms with Crippen molar-refractivity contribution in [2.24, 2.45) is 4.99 Å². The number of aliphatic imine (C=N–C) groups is 1. The van der Waals surface area contributed by atoms with E-state index in [-0.39, 0.29) is 6.04 Å². The van der Waals surface area contributed by atoms with Crippen molar-refractivity contribution in [3.05, 3.63) is 102 Å². The molecule has 2 aliphatic heterocycles. The van der Waals surface area contributed by atoms with Crippen molar-refractivity contribution in [2.45, 2.75) is 44.2 Å². The third-order valence-corrected chi connectivity index (χ3v) is 6.64. The van der Waals surface area contributed by atoms with E-state index >= 15 is 0 Å². The Morgan fingerprint density at radius 1 is 0.806 bits per heavy atom. The lowest BCUT2D eigenvalue weighted by atomic mass is 9.78. The maximum absolute atomic E-state index is 7.09. The lowest BCUT2D eigenvalue weighted by Gasteiger charge is -2.43. The summed E-state index contributed by atoms with van der Waals surface area (Å²) in [6.07, 6.45) is 4.81. The van der Waals surface area contributed by atoms with Gasteiger partial charge in [-0.1, -0.05) is 92.2 Å². The molecule has 2 heterocycles. The summed E-state index contributed by atoms with van der Waals surface area (Å²) in [5, 5.41) is 0. The molecule has 0 saturated carbocycles. The van der Waals surface area contributed by atoms with E-state index < -0.39 is 5.60 Å². The molecule has 1 fully saturated rings. The highest BCUT2D eigenvalue weighted by atomic mass is 16.5. The van der Waals surface area contributed by atoms with Gasteiger partial charge >= 0.3 is 0 Å². The Kier molecular flexibility index (Phi) is 5.61. The van der Waals surface area contributed by atoms with Gasteiger partial charge in [0.25, 0.3) is 0 Å². The number of nitrogens with zero attached hydrogens (tertiary/aromatic N) is 2. The van der Waals surface area contributed by atoms with Crippen LogP contribution in [0.5, 0.6) is 0 Å². The molecule has 0 aromatic heterocycles. The minimum absolute atomic E-state index is 0.195. The predicted molar refractivity (Wildman–Crippen MR) is 127 cm³/mol. The second-order valence-corrected chi connectivity index (χ2v) is 8.50. The zero-order valence-corrected chi connectivity index (χ0v) is 18.2. The second kappa shape index (κ2) is 8.68. The smallest absolute Gasteiger partial charge is 0.208 e. The molecule has 3 heteroatoms. The number of benzene rings is 3. The minimum Gasteiger partial charge on any atom is -0.458 e. The molecule has 0 unspecified atom stereocenters. The summed E-state index contributed by atoms with van der Waals surface area (Å²) in [6, 6.07) is 29.9. The molecule has 0 spiro atoms. The molecule has 0 N–H and O–H groups in total. The first-order valence-electron chi connectivity index (χ1n) is 11.5. The molecule has 158 valence electrons. The van der Waals surface area contributed by atoms with Crippen molar-refractivity contribution < 1.29 is 4.74 Å². The lowest BCUT2D eigenvalue weighted by Crippen LogP contribution is -2.49.